The van der Waals surface area contributed by atoms with Crippen LogP contribution >= 0.6 is 0 Å². The molecule has 0 spiro atoms. The number of hydrogen-bond acceptors (Lipinski definition) is 4. The molecule has 4 heteroatoms. The number of rotatable bonds is 4. The average molecular weight is 377 g/mol. The summed E-state index contributed by atoms with van der Waals surface area (Å²) in [6.45, 7) is 0. The number of aromatic nitrogens is 2. The van der Waals surface area contributed by atoms with Crippen molar-refractivity contribution in [1.29, 1.82) is 0 Å². The quantitative estimate of drug-likeness (QED) is 0.478. The Kier molecular flexibility index (Phi) is 4.59. The molecular formula is C25H19N3O. The van der Waals surface area contributed by atoms with Gasteiger partial charge in [0.1, 0.15) is 11.7 Å². The average Bonchev–Trinajstić information content (AvgIpc) is 3.27. The number of ether oxygens (including phenoxy) is 1. The van der Waals surface area contributed by atoms with Crippen LogP contribution in [0.15, 0.2) is 108 Å². The van der Waals surface area contributed by atoms with Crippen molar-refractivity contribution in [3.8, 4) is 11.4 Å². The maximum atomic E-state index is 6.36. The van der Waals surface area contributed by atoms with Crippen molar-refractivity contribution in [2.45, 2.75) is 12.1 Å². The molecule has 4 nitrogen and oxygen atoms in total. The molecule has 140 valence electrons. The standard InChI is InChI=1S/C25H19N3O/c1-3-10-18(11-4-1)23-24(19-12-5-2-6-13-19)29-25(28-23)22-16-9-15-21(27-22)20-14-7-8-17-26-20/h1-17,23-24H/t23-,24+/m0/s1. The molecule has 0 unspecified atom stereocenters. The third-order valence-corrected chi connectivity index (χ3v) is 4.95. The molecule has 0 saturated heterocycles. The predicted molar refractivity (Wildman–Crippen MR) is 113 cm³/mol. The highest BCUT2D eigenvalue weighted by Gasteiger charge is 2.34. The van der Waals surface area contributed by atoms with Crippen LogP contribution in [0.5, 0.6) is 0 Å². The van der Waals surface area contributed by atoms with Gasteiger partial charge in [0.2, 0.25) is 5.90 Å². The zero-order valence-corrected chi connectivity index (χ0v) is 15.7. The first-order chi connectivity index (χ1) is 14.4. The second-order valence-electron chi connectivity index (χ2n) is 6.86. The lowest BCUT2D eigenvalue weighted by Gasteiger charge is -2.18. The number of aliphatic imine (C=N–C) groups is 1. The van der Waals surface area contributed by atoms with E-state index >= 15 is 0 Å². The molecule has 2 aromatic carbocycles. The minimum Gasteiger partial charge on any atom is -0.465 e. The fourth-order valence-electron chi connectivity index (χ4n) is 3.54. The van der Waals surface area contributed by atoms with E-state index in [4.69, 9.17) is 14.7 Å². The highest BCUT2D eigenvalue weighted by molar-refractivity contribution is 5.94. The van der Waals surface area contributed by atoms with Crippen molar-refractivity contribution in [2.75, 3.05) is 0 Å². The molecule has 0 saturated carbocycles. The summed E-state index contributed by atoms with van der Waals surface area (Å²) in [5.41, 5.74) is 4.56. The van der Waals surface area contributed by atoms with E-state index < -0.39 is 0 Å². The third kappa shape index (κ3) is 3.52. The highest BCUT2D eigenvalue weighted by atomic mass is 16.5. The summed E-state index contributed by atoms with van der Waals surface area (Å²) in [5.74, 6) is 0.561. The van der Waals surface area contributed by atoms with Crippen LogP contribution in [0, 0.1) is 0 Å². The van der Waals surface area contributed by atoms with E-state index in [9.17, 15) is 0 Å². The molecular weight excluding hydrogens is 358 g/mol. The Balaban J connectivity index is 1.54. The van der Waals surface area contributed by atoms with Crippen molar-refractivity contribution in [1.82, 2.24) is 9.97 Å². The lowest BCUT2D eigenvalue weighted by Crippen LogP contribution is -2.10. The highest BCUT2D eigenvalue weighted by Crippen LogP contribution is 2.40. The molecule has 0 N–H and O–H groups in total. The number of hydrogen-bond donors (Lipinski definition) is 0. The zero-order valence-electron chi connectivity index (χ0n) is 15.7. The Morgan fingerprint density at radius 3 is 1.97 bits per heavy atom. The zero-order chi connectivity index (χ0) is 19.5. The molecule has 3 heterocycles. The van der Waals surface area contributed by atoms with Crippen molar-refractivity contribution >= 4 is 5.90 Å². The first-order valence-electron chi connectivity index (χ1n) is 9.62. The topological polar surface area (TPSA) is 47.4 Å². The van der Waals surface area contributed by atoms with E-state index in [1.165, 1.54) is 0 Å². The molecule has 0 amide bonds. The first kappa shape index (κ1) is 17.3. The van der Waals surface area contributed by atoms with Crippen LogP contribution in [-0.2, 0) is 4.74 Å². The monoisotopic (exact) mass is 377 g/mol. The second-order valence-corrected chi connectivity index (χ2v) is 6.86. The van der Waals surface area contributed by atoms with Crippen LogP contribution < -0.4 is 0 Å². The minimum absolute atomic E-state index is 0.117. The number of benzene rings is 2. The SMILES string of the molecule is c1ccc([C@H]2OC(c3cccc(-c4ccccn4)n3)=N[C@H]2c2ccccc2)cc1. The van der Waals surface area contributed by atoms with Crippen molar-refractivity contribution in [3.63, 3.8) is 0 Å². The van der Waals surface area contributed by atoms with Gasteiger partial charge in [-0.05, 0) is 35.4 Å². The summed E-state index contributed by atoms with van der Waals surface area (Å²) < 4.78 is 6.36. The third-order valence-electron chi connectivity index (χ3n) is 4.95. The number of nitrogens with zero attached hydrogens (tertiary/aromatic N) is 3. The molecule has 2 aromatic heterocycles. The molecule has 0 radical (unpaired) electrons. The van der Waals surface area contributed by atoms with Gasteiger partial charge < -0.3 is 4.74 Å². The van der Waals surface area contributed by atoms with Gasteiger partial charge in [-0.3, -0.25) is 4.98 Å². The summed E-state index contributed by atoms with van der Waals surface area (Å²) >= 11 is 0. The van der Waals surface area contributed by atoms with E-state index in [1.807, 2.05) is 72.8 Å². The maximum absolute atomic E-state index is 6.36. The Morgan fingerprint density at radius 2 is 1.24 bits per heavy atom. The smallest absolute Gasteiger partial charge is 0.236 e. The summed E-state index contributed by atoms with van der Waals surface area (Å²) in [6.07, 6.45) is 1.58. The lowest BCUT2D eigenvalue weighted by atomic mass is 9.97. The van der Waals surface area contributed by atoms with Gasteiger partial charge >= 0.3 is 0 Å². The van der Waals surface area contributed by atoms with Gasteiger partial charge in [0, 0.05) is 6.20 Å². The summed E-state index contributed by atoms with van der Waals surface area (Å²) in [4.78, 5) is 14.1. The van der Waals surface area contributed by atoms with E-state index in [2.05, 4.69) is 29.2 Å². The van der Waals surface area contributed by atoms with Crippen LogP contribution in [0.1, 0.15) is 29.0 Å². The summed E-state index contributed by atoms with van der Waals surface area (Å²) in [6, 6.07) is 32.0. The first-order valence-corrected chi connectivity index (χ1v) is 9.62. The fraction of sp³-hybridized carbons (Fsp3) is 0.0800. The Hall–Kier alpha value is -3.79. The molecule has 4 aromatic rings. The molecule has 29 heavy (non-hydrogen) atoms. The minimum atomic E-state index is -0.186. The van der Waals surface area contributed by atoms with Gasteiger partial charge in [-0.2, -0.15) is 0 Å². The van der Waals surface area contributed by atoms with Gasteiger partial charge in [-0.15, -0.1) is 0 Å². The number of pyridine rings is 2. The molecule has 5 rings (SSSR count). The van der Waals surface area contributed by atoms with E-state index in [0.29, 0.717) is 11.6 Å². The van der Waals surface area contributed by atoms with Crippen molar-refractivity contribution in [3.05, 3.63) is 120 Å². The second kappa shape index (κ2) is 7.68. The fourth-order valence-corrected chi connectivity index (χ4v) is 3.54. The molecule has 0 aliphatic carbocycles. The molecule has 0 bridgehead atoms. The van der Waals surface area contributed by atoms with Crippen LogP contribution in [0.25, 0.3) is 11.4 Å². The molecule has 1 aliphatic rings. The van der Waals surface area contributed by atoms with Gasteiger partial charge in [-0.1, -0.05) is 72.8 Å². The Labute approximate surface area is 169 Å². The summed E-state index contributed by atoms with van der Waals surface area (Å²) in [5, 5.41) is 0. The van der Waals surface area contributed by atoms with Crippen molar-refractivity contribution in [2.24, 2.45) is 4.99 Å². The van der Waals surface area contributed by atoms with Gasteiger partial charge in [0.15, 0.2) is 6.10 Å². The van der Waals surface area contributed by atoms with Gasteiger partial charge in [-0.25, -0.2) is 9.98 Å². The van der Waals surface area contributed by atoms with E-state index in [-0.39, 0.29) is 12.1 Å². The Bertz CT molecular complexity index is 1130. The lowest BCUT2D eigenvalue weighted by molar-refractivity contribution is 0.196. The maximum Gasteiger partial charge on any atom is 0.236 e. The Morgan fingerprint density at radius 1 is 0.586 bits per heavy atom. The molecule has 1 aliphatic heterocycles. The van der Waals surface area contributed by atoms with Gasteiger partial charge in [0.05, 0.1) is 11.4 Å². The largest absolute Gasteiger partial charge is 0.465 e. The van der Waals surface area contributed by atoms with Crippen molar-refractivity contribution < 1.29 is 4.74 Å². The summed E-state index contributed by atoms with van der Waals surface area (Å²) in [7, 11) is 0. The normalized spacial score (nSPS) is 18.1. The molecule has 0 fully saturated rings. The molecule has 2 atom stereocenters. The van der Waals surface area contributed by atoms with E-state index in [0.717, 1.165) is 22.5 Å². The van der Waals surface area contributed by atoms with Gasteiger partial charge in [0.25, 0.3) is 0 Å². The van der Waals surface area contributed by atoms with Crippen LogP contribution in [-0.4, -0.2) is 15.9 Å². The van der Waals surface area contributed by atoms with E-state index in [1.54, 1.807) is 6.20 Å². The van der Waals surface area contributed by atoms with Crippen LogP contribution in [0.2, 0.25) is 0 Å². The van der Waals surface area contributed by atoms with Crippen LogP contribution in [0.4, 0.5) is 0 Å². The predicted octanol–water partition coefficient (Wildman–Crippen LogP) is 5.40. The van der Waals surface area contributed by atoms with Crippen LogP contribution in [0.3, 0.4) is 0 Å².